The molecule has 1 aromatic rings. The molecule has 1 amide bonds. The maximum absolute atomic E-state index is 13.6. The van der Waals surface area contributed by atoms with E-state index in [1.165, 1.54) is 6.92 Å². The molecular weight excluding hydrogens is 339 g/mol. The number of carbonyl (C=O) groups excluding carboxylic acids is 1. The van der Waals surface area contributed by atoms with E-state index in [2.05, 4.69) is 10.0 Å². The second-order valence-corrected chi connectivity index (χ2v) is 7.61. The number of amides is 1. The van der Waals surface area contributed by atoms with Crippen LogP contribution in [0.25, 0.3) is 0 Å². The van der Waals surface area contributed by atoms with E-state index < -0.39 is 33.6 Å². The van der Waals surface area contributed by atoms with Gasteiger partial charge in [0.15, 0.2) is 0 Å². The summed E-state index contributed by atoms with van der Waals surface area (Å²) in [7, 11) is -4.03. The zero-order chi connectivity index (χ0) is 18.5. The Morgan fingerprint density at radius 3 is 2.42 bits per heavy atom. The molecule has 9 heteroatoms. The molecule has 1 unspecified atom stereocenters. The third-order valence-electron chi connectivity index (χ3n) is 3.18. The fourth-order valence-electron chi connectivity index (χ4n) is 2.09. The van der Waals surface area contributed by atoms with Crippen molar-refractivity contribution in [1.82, 2.24) is 4.72 Å². The van der Waals surface area contributed by atoms with Crippen molar-refractivity contribution in [2.24, 2.45) is 11.8 Å². The van der Waals surface area contributed by atoms with Gasteiger partial charge in [0, 0.05) is 13.5 Å². The van der Waals surface area contributed by atoms with Crippen molar-refractivity contribution in [2.45, 2.75) is 32.1 Å². The first kappa shape index (κ1) is 20.0. The third kappa shape index (κ3) is 5.89. The number of sulfonamides is 1. The maximum atomic E-state index is 13.6. The van der Waals surface area contributed by atoms with Crippen molar-refractivity contribution >= 4 is 27.6 Å². The molecule has 0 aliphatic carbocycles. The van der Waals surface area contributed by atoms with Crippen LogP contribution in [0.2, 0.25) is 0 Å². The van der Waals surface area contributed by atoms with Crippen molar-refractivity contribution in [2.75, 3.05) is 11.9 Å². The lowest BCUT2D eigenvalue weighted by Crippen LogP contribution is -2.33. The van der Waals surface area contributed by atoms with Gasteiger partial charge in [0.25, 0.3) is 0 Å². The van der Waals surface area contributed by atoms with Crippen molar-refractivity contribution < 1.29 is 27.5 Å². The van der Waals surface area contributed by atoms with Crippen molar-refractivity contribution in [3.8, 4) is 0 Å². The van der Waals surface area contributed by atoms with Gasteiger partial charge in [-0.3, -0.25) is 9.59 Å². The van der Waals surface area contributed by atoms with Gasteiger partial charge in [-0.2, -0.15) is 0 Å². The standard InChI is InChI=1S/C15H21FN2O5S/c1-9(2)6-11(15(20)21)8-17-24(22,23)12-4-5-13(16)14(7-12)18-10(3)19/h4-5,7,9,11,17H,6,8H2,1-3H3,(H,18,19)(H,20,21). The molecule has 3 N–H and O–H groups in total. The van der Waals surface area contributed by atoms with E-state index in [0.29, 0.717) is 6.42 Å². The van der Waals surface area contributed by atoms with Gasteiger partial charge >= 0.3 is 5.97 Å². The predicted octanol–water partition coefficient (Wildman–Crippen LogP) is 1.81. The summed E-state index contributed by atoms with van der Waals surface area (Å²) in [5, 5.41) is 11.3. The van der Waals surface area contributed by atoms with Crippen molar-refractivity contribution in [1.29, 1.82) is 0 Å². The molecule has 1 atom stereocenters. The van der Waals surface area contributed by atoms with E-state index >= 15 is 0 Å². The number of hydrogen-bond donors (Lipinski definition) is 3. The topological polar surface area (TPSA) is 113 Å². The summed E-state index contributed by atoms with van der Waals surface area (Å²) < 4.78 is 40.3. The first-order valence-electron chi connectivity index (χ1n) is 7.32. The zero-order valence-corrected chi connectivity index (χ0v) is 14.5. The normalized spacial score (nSPS) is 12.9. The number of nitrogens with one attached hydrogen (secondary N) is 2. The number of aliphatic carboxylic acids is 1. The third-order valence-corrected chi connectivity index (χ3v) is 4.60. The Hall–Kier alpha value is -2.00. The highest BCUT2D eigenvalue weighted by molar-refractivity contribution is 7.89. The van der Waals surface area contributed by atoms with Gasteiger partial charge in [-0.15, -0.1) is 0 Å². The highest BCUT2D eigenvalue weighted by Crippen LogP contribution is 2.20. The number of carbonyl (C=O) groups is 2. The number of hydrogen-bond acceptors (Lipinski definition) is 4. The summed E-state index contributed by atoms with van der Waals surface area (Å²) in [6.45, 7) is 4.57. The molecule has 1 rings (SSSR count). The van der Waals surface area contributed by atoms with Crippen LogP contribution in [-0.4, -0.2) is 31.9 Å². The van der Waals surface area contributed by atoms with Crippen LogP contribution in [-0.2, 0) is 19.6 Å². The lowest BCUT2D eigenvalue weighted by molar-refractivity contribution is -0.142. The molecule has 0 heterocycles. The summed E-state index contributed by atoms with van der Waals surface area (Å²) >= 11 is 0. The van der Waals surface area contributed by atoms with Gasteiger partial charge < -0.3 is 10.4 Å². The highest BCUT2D eigenvalue weighted by Gasteiger charge is 2.23. The molecule has 0 fully saturated rings. The zero-order valence-electron chi connectivity index (χ0n) is 13.7. The molecular formula is C15H21FN2O5S. The van der Waals surface area contributed by atoms with Crippen molar-refractivity contribution in [3.05, 3.63) is 24.0 Å². The van der Waals surface area contributed by atoms with Crippen LogP contribution >= 0.6 is 0 Å². The fraction of sp³-hybridized carbons (Fsp3) is 0.467. The van der Waals surface area contributed by atoms with E-state index in [0.717, 1.165) is 18.2 Å². The number of rotatable bonds is 8. The molecule has 24 heavy (non-hydrogen) atoms. The molecule has 0 saturated carbocycles. The maximum Gasteiger partial charge on any atom is 0.307 e. The molecule has 134 valence electrons. The molecule has 0 spiro atoms. The lowest BCUT2D eigenvalue weighted by Gasteiger charge is -2.16. The predicted molar refractivity (Wildman–Crippen MR) is 86.5 cm³/mol. The van der Waals surface area contributed by atoms with Crippen LogP contribution in [0.4, 0.5) is 10.1 Å². The van der Waals surface area contributed by atoms with Crippen molar-refractivity contribution in [3.63, 3.8) is 0 Å². The Morgan fingerprint density at radius 2 is 1.92 bits per heavy atom. The Labute approximate surface area is 140 Å². The van der Waals surface area contributed by atoms with Gasteiger partial charge in [-0.05, 0) is 30.5 Å². The Bertz CT molecular complexity index is 719. The van der Waals surface area contributed by atoms with E-state index in [1.807, 2.05) is 13.8 Å². The number of halogens is 1. The first-order chi connectivity index (χ1) is 11.0. The second kappa shape index (κ2) is 8.20. The Morgan fingerprint density at radius 1 is 1.29 bits per heavy atom. The lowest BCUT2D eigenvalue weighted by atomic mass is 9.98. The quantitative estimate of drug-likeness (QED) is 0.654. The number of carboxylic acids is 1. The van der Waals surface area contributed by atoms with Crippen LogP contribution in [0.15, 0.2) is 23.1 Å². The van der Waals surface area contributed by atoms with Gasteiger partial charge in [-0.1, -0.05) is 13.8 Å². The van der Waals surface area contributed by atoms with Crippen LogP contribution in [0.5, 0.6) is 0 Å². The summed E-state index contributed by atoms with van der Waals surface area (Å²) in [4.78, 5) is 21.9. The molecule has 0 aliphatic rings. The minimum absolute atomic E-state index is 0.0906. The number of carboxylic acid groups (broad SMARTS) is 1. The number of benzene rings is 1. The van der Waals surface area contributed by atoms with Gasteiger partial charge in [-0.25, -0.2) is 17.5 Å². The Kier molecular flexibility index (Phi) is 6.85. The summed E-state index contributed by atoms with van der Waals surface area (Å²) in [5.74, 6) is -3.18. The SMILES string of the molecule is CC(=O)Nc1cc(S(=O)(=O)NCC(CC(C)C)C(=O)O)ccc1F. The minimum Gasteiger partial charge on any atom is -0.481 e. The first-order valence-corrected chi connectivity index (χ1v) is 8.81. The average Bonchev–Trinajstić information content (AvgIpc) is 2.44. The summed E-state index contributed by atoms with van der Waals surface area (Å²) in [6, 6.07) is 2.95. The molecule has 0 aromatic heterocycles. The van der Waals surface area contributed by atoms with Crippen LogP contribution < -0.4 is 10.0 Å². The van der Waals surface area contributed by atoms with Gasteiger partial charge in [0.05, 0.1) is 16.5 Å². The molecule has 0 radical (unpaired) electrons. The largest absolute Gasteiger partial charge is 0.481 e. The summed E-state index contributed by atoms with van der Waals surface area (Å²) in [6.07, 6.45) is 0.318. The average molecular weight is 360 g/mol. The highest BCUT2D eigenvalue weighted by atomic mass is 32.2. The van der Waals surface area contributed by atoms with Crippen LogP contribution in [0, 0.1) is 17.7 Å². The van der Waals surface area contributed by atoms with Gasteiger partial charge in [0.2, 0.25) is 15.9 Å². The van der Waals surface area contributed by atoms with E-state index in [4.69, 9.17) is 5.11 Å². The van der Waals surface area contributed by atoms with E-state index in [-0.39, 0.29) is 23.0 Å². The molecule has 0 bridgehead atoms. The molecule has 1 aromatic carbocycles. The molecule has 0 aliphatic heterocycles. The van der Waals surface area contributed by atoms with Crippen LogP contribution in [0.1, 0.15) is 27.2 Å². The summed E-state index contributed by atoms with van der Waals surface area (Å²) in [5.41, 5.74) is -0.262. The molecule has 0 saturated heterocycles. The van der Waals surface area contributed by atoms with E-state index in [1.54, 1.807) is 0 Å². The smallest absolute Gasteiger partial charge is 0.307 e. The Balaban J connectivity index is 2.95. The van der Waals surface area contributed by atoms with E-state index in [9.17, 15) is 22.4 Å². The fourth-order valence-corrected chi connectivity index (χ4v) is 3.20. The number of anilines is 1. The molecule has 7 nitrogen and oxygen atoms in total. The van der Waals surface area contributed by atoms with Crippen LogP contribution in [0.3, 0.4) is 0 Å². The second-order valence-electron chi connectivity index (χ2n) is 5.84. The monoisotopic (exact) mass is 360 g/mol. The van der Waals surface area contributed by atoms with Gasteiger partial charge in [0.1, 0.15) is 5.82 Å². The minimum atomic E-state index is -4.03.